The number of hydrogen-bond acceptors (Lipinski definition) is 3. The van der Waals surface area contributed by atoms with Crippen molar-refractivity contribution in [3.8, 4) is 22.8 Å². The van der Waals surface area contributed by atoms with Gasteiger partial charge in [0, 0.05) is 25.8 Å². The first-order valence-corrected chi connectivity index (χ1v) is 7.25. The molecule has 3 nitrogen and oxygen atoms in total. The van der Waals surface area contributed by atoms with Gasteiger partial charge in [-0.15, -0.1) is 17.7 Å². The number of fused-ring (bicyclic) bond motifs is 2. The molecule has 0 N–H and O–H groups in total. The number of ether oxygens (including phenoxy) is 2. The zero-order valence-corrected chi connectivity index (χ0v) is 14.7. The molecule has 117 valence electrons. The molecule has 23 heavy (non-hydrogen) atoms. The topological polar surface area (TPSA) is 31.4 Å². The van der Waals surface area contributed by atoms with Gasteiger partial charge in [0.1, 0.15) is 13.2 Å². The van der Waals surface area contributed by atoms with Gasteiger partial charge in [0.05, 0.1) is 11.5 Å². The van der Waals surface area contributed by atoms with Crippen molar-refractivity contribution in [1.82, 2.24) is 4.98 Å². The van der Waals surface area contributed by atoms with E-state index in [0.29, 0.717) is 19.6 Å². The molecule has 4 rings (SSSR count). The van der Waals surface area contributed by atoms with Crippen molar-refractivity contribution in [2.75, 3.05) is 13.2 Å². The molecule has 2 heterocycles. The van der Waals surface area contributed by atoms with Gasteiger partial charge >= 0.3 is 0 Å². The van der Waals surface area contributed by atoms with Crippen molar-refractivity contribution < 1.29 is 29.6 Å². The predicted octanol–water partition coefficient (Wildman–Crippen LogP) is 3.72. The first kappa shape index (κ1) is 16.0. The zero-order chi connectivity index (χ0) is 14.9. The van der Waals surface area contributed by atoms with Gasteiger partial charge in [0.25, 0.3) is 0 Å². The molecule has 0 atom stereocenters. The third kappa shape index (κ3) is 2.97. The maximum absolute atomic E-state index is 5.78. The number of nitrogens with zero attached hydrogens (tertiary/aromatic N) is 1. The van der Waals surface area contributed by atoms with E-state index in [0.717, 1.165) is 39.2 Å². The van der Waals surface area contributed by atoms with Crippen molar-refractivity contribution in [2.24, 2.45) is 0 Å². The van der Waals surface area contributed by atoms with Gasteiger partial charge in [0.2, 0.25) is 0 Å². The minimum absolute atomic E-state index is 0. The molecule has 0 unspecified atom stereocenters. The van der Waals surface area contributed by atoms with Crippen LogP contribution in [0, 0.1) is 13.0 Å². The molecule has 1 aliphatic heterocycles. The van der Waals surface area contributed by atoms with Gasteiger partial charge in [-0.3, -0.25) is 0 Å². The van der Waals surface area contributed by atoms with E-state index in [1.54, 1.807) is 0 Å². The molecule has 0 spiro atoms. The molecule has 0 fully saturated rings. The fraction of sp³-hybridized carbons (Fsp3) is 0.158. The average Bonchev–Trinajstić information content (AvgIpc) is 2.60. The van der Waals surface area contributed by atoms with Crippen LogP contribution in [0.15, 0.2) is 42.5 Å². The van der Waals surface area contributed by atoms with Crippen molar-refractivity contribution in [3.05, 3.63) is 61.1 Å². The summed E-state index contributed by atoms with van der Waals surface area (Å²) in [5, 5.41) is 2.20. The first-order chi connectivity index (χ1) is 10.8. The number of pyridine rings is 1. The summed E-state index contributed by atoms with van der Waals surface area (Å²) in [6, 6.07) is 17.2. The van der Waals surface area contributed by atoms with Gasteiger partial charge in [-0.05, 0) is 35.9 Å². The van der Waals surface area contributed by atoms with Crippen LogP contribution in [-0.2, 0) is 26.5 Å². The van der Waals surface area contributed by atoms with Crippen LogP contribution in [0.2, 0.25) is 0 Å². The average molecular weight is 481 g/mol. The smallest absolute Gasteiger partial charge is 0.119 e. The number of benzene rings is 2. The largest absolute Gasteiger partial charge is 0.530 e. The van der Waals surface area contributed by atoms with E-state index in [9.17, 15) is 0 Å². The Kier molecular flexibility index (Phi) is 4.65. The zero-order valence-electron chi connectivity index (χ0n) is 12.3. The quantitative estimate of drug-likeness (QED) is 0.524. The summed E-state index contributed by atoms with van der Waals surface area (Å²) in [7, 11) is 0. The van der Waals surface area contributed by atoms with E-state index < -0.39 is 0 Å². The summed E-state index contributed by atoms with van der Waals surface area (Å²) < 4.78 is 11.2. The Bertz CT molecular complexity index is 848. The first-order valence-electron chi connectivity index (χ1n) is 7.25. The number of aromatic nitrogens is 1. The fourth-order valence-corrected chi connectivity index (χ4v) is 2.69. The van der Waals surface area contributed by atoms with Gasteiger partial charge < -0.3 is 14.5 Å². The van der Waals surface area contributed by atoms with Gasteiger partial charge in [-0.25, -0.2) is 0 Å². The predicted molar refractivity (Wildman–Crippen MR) is 85.0 cm³/mol. The maximum Gasteiger partial charge on any atom is 0.119 e. The molecule has 3 aromatic rings. The summed E-state index contributed by atoms with van der Waals surface area (Å²) in [6.45, 7) is 6.92. The second-order valence-electron chi connectivity index (χ2n) is 5.16. The van der Waals surface area contributed by atoms with Crippen LogP contribution in [0.1, 0.15) is 5.69 Å². The molecule has 3 radical (unpaired) electrons. The SMILES string of the molecule is [CH]Cc1cc2ccccc2c(-c2[c-]cc3c(c2)OCCO3)n1.[Ir]. The Balaban J connectivity index is 0.00000156. The van der Waals surface area contributed by atoms with Crippen LogP contribution in [0.3, 0.4) is 0 Å². The van der Waals surface area contributed by atoms with Crippen LogP contribution in [0.5, 0.6) is 11.5 Å². The van der Waals surface area contributed by atoms with Crippen molar-refractivity contribution in [3.63, 3.8) is 0 Å². The van der Waals surface area contributed by atoms with Crippen LogP contribution in [0.25, 0.3) is 22.0 Å². The Morgan fingerprint density at radius 2 is 1.87 bits per heavy atom. The minimum atomic E-state index is 0. The molecular formula is C19H14IrNO2-. The molecule has 0 saturated carbocycles. The van der Waals surface area contributed by atoms with Crippen LogP contribution >= 0.6 is 0 Å². The summed E-state index contributed by atoms with van der Waals surface area (Å²) in [5.74, 6) is 1.47. The second-order valence-corrected chi connectivity index (χ2v) is 5.16. The van der Waals surface area contributed by atoms with E-state index in [1.807, 2.05) is 30.3 Å². The van der Waals surface area contributed by atoms with Gasteiger partial charge in [0.15, 0.2) is 0 Å². The van der Waals surface area contributed by atoms with E-state index in [1.165, 1.54) is 0 Å². The van der Waals surface area contributed by atoms with E-state index in [-0.39, 0.29) is 20.1 Å². The third-order valence-electron chi connectivity index (χ3n) is 3.73. The van der Waals surface area contributed by atoms with E-state index in [2.05, 4.69) is 23.2 Å². The summed E-state index contributed by atoms with van der Waals surface area (Å²) >= 11 is 0. The van der Waals surface area contributed by atoms with Gasteiger partial charge in [-0.2, -0.15) is 0 Å². The Morgan fingerprint density at radius 1 is 1.09 bits per heavy atom. The van der Waals surface area contributed by atoms with E-state index in [4.69, 9.17) is 16.4 Å². The minimum Gasteiger partial charge on any atom is -0.530 e. The van der Waals surface area contributed by atoms with E-state index >= 15 is 0 Å². The second kappa shape index (κ2) is 6.69. The summed E-state index contributed by atoms with van der Waals surface area (Å²) in [4.78, 5) is 4.69. The van der Waals surface area contributed by atoms with Crippen LogP contribution in [0.4, 0.5) is 0 Å². The van der Waals surface area contributed by atoms with Crippen molar-refractivity contribution in [1.29, 1.82) is 0 Å². The molecule has 0 saturated heterocycles. The monoisotopic (exact) mass is 481 g/mol. The van der Waals surface area contributed by atoms with Crippen molar-refractivity contribution in [2.45, 2.75) is 6.42 Å². The molecule has 2 aromatic carbocycles. The molecule has 0 amide bonds. The van der Waals surface area contributed by atoms with Crippen molar-refractivity contribution >= 4 is 10.8 Å². The fourth-order valence-electron chi connectivity index (χ4n) is 2.69. The maximum atomic E-state index is 5.78. The number of rotatable bonds is 2. The molecule has 0 bridgehead atoms. The third-order valence-corrected chi connectivity index (χ3v) is 3.73. The van der Waals surface area contributed by atoms with Gasteiger partial charge in [-0.1, -0.05) is 30.3 Å². The summed E-state index contributed by atoms with van der Waals surface area (Å²) in [6.07, 6.45) is 0.405. The number of hydrogen-bond donors (Lipinski definition) is 0. The Morgan fingerprint density at radius 3 is 2.70 bits per heavy atom. The molecule has 0 aliphatic carbocycles. The van der Waals surface area contributed by atoms with Crippen LogP contribution < -0.4 is 9.47 Å². The Labute approximate surface area is 149 Å². The summed E-state index contributed by atoms with van der Waals surface area (Å²) in [5.41, 5.74) is 2.61. The molecule has 1 aromatic heterocycles. The Hall–Kier alpha value is -1.90. The molecule has 1 aliphatic rings. The standard InChI is InChI=1S/C19H14NO2.Ir/c1-2-15-11-13-5-3-4-6-16(13)19(20-15)14-7-8-17-18(12-14)22-10-9-21-17;/h1,3-6,8,11-12H,2,9-10H2;/q-1;. The normalized spacial score (nSPS) is 12.7. The molecular weight excluding hydrogens is 466 g/mol. The van der Waals surface area contributed by atoms with Crippen LogP contribution in [-0.4, -0.2) is 18.2 Å². The molecule has 4 heteroatoms.